The quantitative estimate of drug-likeness (QED) is 0.771. The molecule has 2 saturated heterocycles. The number of amides is 1. The number of hydrogen-bond donors (Lipinski definition) is 0. The zero-order chi connectivity index (χ0) is 21.1. The van der Waals surface area contributed by atoms with Crippen molar-refractivity contribution in [1.29, 1.82) is 0 Å². The van der Waals surface area contributed by atoms with Gasteiger partial charge in [0.1, 0.15) is 5.60 Å². The Kier molecular flexibility index (Phi) is 6.25. The SMILES string of the molecule is CC(C)(C)OC(=O)N1CCC(N2CCN(Cc3ccnc4ccccc34)CC2)CC1. The molecule has 2 aliphatic heterocycles. The molecule has 0 unspecified atom stereocenters. The summed E-state index contributed by atoms with van der Waals surface area (Å²) in [6.45, 7) is 12.7. The van der Waals surface area contributed by atoms with Crippen LogP contribution >= 0.6 is 0 Å². The van der Waals surface area contributed by atoms with Crippen LogP contribution in [-0.4, -0.2) is 76.7 Å². The summed E-state index contributed by atoms with van der Waals surface area (Å²) >= 11 is 0. The van der Waals surface area contributed by atoms with Crippen molar-refractivity contribution in [3.05, 3.63) is 42.1 Å². The maximum absolute atomic E-state index is 12.3. The van der Waals surface area contributed by atoms with Crippen molar-refractivity contribution >= 4 is 17.0 Å². The molecule has 0 saturated carbocycles. The number of hydrogen-bond acceptors (Lipinski definition) is 5. The first-order valence-electron chi connectivity index (χ1n) is 11.2. The third-order valence-electron chi connectivity index (χ3n) is 6.17. The first-order chi connectivity index (χ1) is 14.4. The molecule has 2 aromatic rings. The van der Waals surface area contributed by atoms with Gasteiger partial charge in [-0.2, -0.15) is 0 Å². The third kappa shape index (κ3) is 5.10. The molecule has 1 aromatic heterocycles. The molecule has 0 aliphatic carbocycles. The van der Waals surface area contributed by atoms with Gasteiger partial charge in [0.25, 0.3) is 0 Å². The summed E-state index contributed by atoms with van der Waals surface area (Å²) in [6.07, 6.45) is 3.82. The van der Waals surface area contributed by atoms with E-state index in [-0.39, 0.29) is 6.09 Å². The second-order valence-electron chi connectivity index (χ2n) is 9.50. The lowest BCUT2D eigenvalue weighted by molar-refractivity contribution is 0.00970. The number of nitrogens with zero attached hydrogens (tertiary/aromatic N) is 4. The number of aromatic nitrogens is 1. The Morgan fingerprint density at radius 3 is 2.43 bits per heavy atom. The summed E-state index contributed by atoms with van der Waals surface area (Å²) < 4.78 is 5.52. The minimum Gasteiger partial charge on any atom is -0.444 e. The molecule has 1 aromatic carbocycles. The molecule has 0 bridgehead atoms. The topological polar surface area (TPSA) is 48.9 Å². The number of fused-ring (bicyclic) bond motifs is 1. The Labute approximate surface area is 179 Å². The minimum absolute atomic E-state index is 0.171. The third-order valence-corrected chi connectivity index (χ3v) is 6.17. The molecule has 6 nitrogen and oxygen atoms in total. The van der Waals surface area contributed by atoms with Crippen molar-refractivity contribution in [2.24, 2.45) is 0 Å². The second kappa shape index (κ2) is 8.90. The zero-order valence-electron chi connectivity index (χ0n) is 18.5. The highest BCUT2D eigenvalue weighted by Crippen LogP contribution is 2.22. The van der Waals surface area contributed by atoms with Gasteiger partial charge < -0.3 is 9.64 Å². The minimum atomic E-state index is -0.426. The molecule has 0 N–H and O–H groups in total. The van der Waals surface area contributed by atoms with Gasteiger partial charge in [-0.05, 0) is 51.3 Å². The highest BCUT2D eigenvalue weighted by molar-refractivity contribution is 5.81. The van der Waals surface area contributed by atoms with Gasteiger partial charge in [0.2, 0.25) is 0 Å². The van der Waals surface area contributed by atoms with E-state index in [2.05, 4.69) is 39.0 Å². The van der Waals surface area contributed by atoms with E-state index in [9.17, 15) is 4.79 Å². The molecular formula is C24H34N4O2. The van der Waals surface area contributed by atoms with Gasteiger partial charge in [-0.3, -0.25) is 14.8 Å². The number of para-hydroxylation sites is 1. The maximum atomic E-state index is 12.3. The average molecular weight is 411 g/mol. The highest BCUT2D eigenvalue weighted by atomic mass is 16.6. The van der Waals surface area contributed by atoms with Crippen molar-refractivity contribution < 1.29 is 9.53 Å². The van der Waals surface area contributed by atoms with Crippen LogP contribution in [0.15, 0.2) is 36.5 Å². The van der Waals surface area contributed by atoms with Gasteiger partial charge in [-0.15, -0.1) is 0 Å². The van der Waals surface area contributed by atoms with Crippen LogP contribution in [0.4, 0.5) is 4.79 Å². The van der Waals surface area contributed by atoms with E-state index in [1.54, 1.807) is 0 Å². The fourth-order valence-electron chi connectivity index (χ4n) is 4.56. The number of pyridine rings is 1. The lowest BCUT2D eigenvalue weighted by Crippen LogP contribution is -2.53. The van der Waals surface area contributed by atoms with Crippen molar-refractivity contribution in [2.45, 2.75) is 51.8 Å². The summed E-state index contributed by atoms with van der Waals surface area (Å²) in [7, 11) is 0. The number of piperazine rings is 1. The van der Waals surface area contributed by atoms with Crippen molar-refractivity contribution in [3.63, 3.8) is 0 Å². The van der Waals surface area contributed by atoms with Gasteiger partial charge in [-0.1, -0.05) is 18.2 Å². The van der Waals surface area contributed by atoms with Gasteiger partial charge in [-0.25, -0.2) is 4.79 Å². The fourth-order valence-corrected chi connectivity index (χ4v) is 4.56. The van der Waals surface area contributed by atoms with Crippen molar-refractivity contribution in [2.75, 3.05) is 39.3 Å². The normalized spacial score (nSPS) is 19.9. The summed E-state index contributed by atoms with van der Waals surface area (Å²) in [5.41, 5.74) is 2.01. The van der Waals surface area contributed by atoms with E-state index < -0.39 is 5.60 Å². The fraction of sp³-hybridized carbons (Fsp3) is 0.583. The van der Waals surface area contributed by atoms with Crippen LogP contribution in [0, 0.1) is 0 Å². The largest absolute Gasteiger partial charge is 0.444 e. The Bertz CT molecular complexity index is 858. The van der Waals surface area contributed by atoms with E-state index in [1.807, 2.05) is 37.9 Å². The number of carbonyl (C=O) groups excluding carboxylic acids is 1. The highest BCUT2D eigenvalue weighted by Gasteiger charge is 2.31. The Morgan fingerprint density at radius 2 is 1.73 bits per heavy atom. The molecule has 6 heteroatoms. The standard InChI is InChI=1S/C24H34N4O2/c1-24(2,3)30-23(29)28-12-9-20(10-13-28)27-16-14-26(15-17-27)18-19-8-11-25-22-7-5-4-6-21(19)22/h4-8,11,20H,9-10,12-18H2,1-3H3. The van der Waals surface area contributed by atoms with E-state index >= 15 is 0 Å². The lowest BCUT2D eigenvalue weighted by Gasteiger charge is -2.42. The van der Waals surface area contributed by atoms with Crippen LogP contribution in [0.3, 0.4) is 0 Å². The Hall–Kier alpha value is -2.18. The molecule has 30 heavy (non-hydrogen) atoms. The van der Waals surface area contributed by atoms with E-state index in [4.69, 9.17) is 4.74 Å². The second-order valence-corrected chi connectivity index (χ2v) is 9.50. The summed E-state index contributed by atoms with van der Waals surface area (Å²) in [4.78, 5) is 23.8. The van der Waals surface area contributed by atoms with Gasteiger partial charge in [0.05, 0.1) is 5.52 Å². The van der Waals surface area contributed by atoms with E-state index in [0.29, 0.717) is 6.04 Å². The molecular weight excluding hydrogens is 376 g/mol. The van der Waals surface area contributed by atoms with Gasteiger partial charge >= 0.3 is 6.09 Å². The van der Waals surface area contributed by atoms with Crippen LogP contribution in [0.1, 0.15) is 39.2 Å². The number of likely N-dealkylation sites (tertiary alicyclic amines) is 1. The van der Waals surface area contributed by atoms with Crippen LogP contribution < -0.4 is 0 Å². The predicted octanol–water partition coefficient (Wildman–Crippen LogP) is 3.75. The zero-order valence-corrected chi connectivity index (χ0v) is 18.5. The molecule has 2 aliphatic rings. The molecule has 4 rings (SSSR count). The van der Waals surface area contributed by atoms with Gasteiger partial charge in [0, 0.05) is 63.4 Å². The molecule has 0 radical (unpaired) electrons. The maximum Gasteiger partial charge on any atom is 0.410 e. The van der Waals surface area contributed by atoms with Gasteiger partial charge in [0.15, 0.2) is 0 Å². The monoisotopic (exact) mass is 410 g/mol. The number of carbonyl (C=O) groups is 1. The predicted molar refractivity (Wildman–Crippen MR) is 119 cm³/mol. The van der Waals surface area contributed by atoms with E-state index in [1.165, 1.54) is 10.9 Å². The first kappa shape index (κ1) is 21.1. The molecule has 2 fully saturated rings. The number of benzene rings is 1. The number of ether oxygens (including phenoxy) is 1. The van der Waals surface area contributed by atoms with Crippen LogP contribution in [0.2, 0.25) is 0 Å². The summed E-state index contributed by atoms with van der Waals surface area (Å²) in [5, 5.41) is 1.26. The van der Waals surface area contributed by atoms with Crippen LogP contribution in [0.25, 0.3) is 10.9 Å². The van der Waals surface area contributed by atoms with E-state index in [0.717, 1.165) is 64.2 Å². The summed E-state index contributed by atoms with van der Waals surface area (Å²) in [6, 6.07) is 11.1. The lowest BCUT2D eigenvalue weighted by atomic mass is 10.0. The van der Waals surface area contributed by atoms with Crippen molar-refractivity contribution in [3.8, 4) is 0 Å². The average Bonchev–Trinajstić information content (AvgIpc) is 2.73. The Balaban J connectivity index is 1.26. The first-order valence-corrected chi connectivity index (χ1v) is 11.2. The Morgan fingerprint density at radius 1 is 1.03 bits per heavy atom. The molecule has 1 amide bonds. The number of piperidine rings is 1. The number of rotatable bonds is 3. The molecule has 0 spiro atoms. The van der Waals surface area contributed by atoms with Crippen LogP contribution in [-0.2, 0) is 11.3 Å². The van der Waals surface area contributed by atoms with Crippen molar-refractivity contribution in [1.82, 2.24) is 19.7 Å². The van der Waals surface area contributed by atoms with Crippen LogP contribution in [0.5, 0.6) is 0 Å². The molecule has 0 atom stereocenters. The molecule has 162 valence electrons. The smallest absolute Gasteiger partial charge is 0.410 e. The summed E-state index contributed by atoms with van der Waals surface area (Å²) in [5.74, 6) is 0. The molecule has 3 heterocycles.